The van der Waals surface area contributed by atoms with Crippen LogP contribution in [0.25, 0.3) is 11.5 Å². The molecule has 0 bridgehead atoms. The van der Waals surface area contributed by atoms with E-state index in [9.17, 15) is 13.2 Å². The molecular weight excluding hydrogens is 335 g/mol. The Morgan fingerprint density at radius 1 is 1.24 bits per heavy atom. The minimum Gasteiger partial charge on any atom is -0.481 e. The number of ether oxygens (including phenoxy) is 1. The van der Waals surface area contributed by atoms with E-state index in [1.165, 1.54) is 6.07 Å². The van der Waals surface area contributed by atoms with Gasteiger partial charge in [0.25, 0.3) is 0 Å². The van der Waals surface area contributed by atoms with Crippen molar-refractivity contribution in [3.8, 4) is 17.3 Å². The van der Waals surface area contributed by atoms with Gasteiger partial charge in [-0.15, -0.1) is 0 Å². The van der Waals surface area contributed by atoms with E-state index >= 15 is 0 Å². The zero-order valence-electron chi connectivity index (χ0n) is 14.5. The number of hydrogen-bond acceptors (Lipinski definition) is 5. The monoisotopic (exact) mass is 355 g/mol. The largest absolute Gasteiger partial charge is 0.481 e. The summed E-state index contributed by atoms with van der Waals surface area (Å²) in [7, 11) is 0. The maximum atomic E-state index is 12.9. The van der Waals surface area contributed by atoms with Gasteiger partial charge < -0.3 is 9.26 Å². The van der Waals surface area contributed by atoms with Crippen LogP contribution in [0.3, 0.4) is 0 Å². The van der Waals surface area contributed by atoms with E-state index in [0.717, 1.165) is 19.8 Å². The summed E-state index contributed by atoms with van der Waals surface area (Å²) >= 11 is 0. The minimum atomic E-state index is -4.43. The van der Waals surface area contributed by atoms with Crippen LogP contribution in [0.1, 0.15) is 57.9 Å². The second-order valence-electron chi connectivity index (χ2n) is 7.36. The van der Waals surface area contributed by atoms with Gasteiger partial charge in [-0.25, -0.2) is 0 Å². The summed E-state index contributed by atoms with van der Waals surface area (Å²) < 4.78 is 49.0. The molecule has 1 atom stereocenters. The third-order valence-electron chi connectivity index (χ3n) is 3.97. The van der Waals surface area contributed by atoms with Crippen molar-refractivity contribution in [1.82, 2.24) is 15.1 Å². The Morgan fingerprint density at radius 3 is 2.44 bits per heavy atom. The van der Waals surface area contributed by atoms with Crippen molar-refractivity contribution >= 4 is 0 Å². The van der Waals surface area contributed by atoms with E-state index in [1.54, 1.807) is 6.20 Å². The molecular formula is C17H20F3N3O2. The SMILES string of the molecule is CC(Oc1cc(-c2noc(C(C)(C)C)n2)ncc1C1CC1)C(F)(F)F. The third kappa shape index (κ3) is 3.93. The Hall–Kier alpha value is -2.12. The van der Waals surface area contributed by atoms with E-state index in [0.29, 0.717) is 17.1 Å². The molecule has 2 heterocycles. The fourth-order valence-electron chi connectivity index (χ4n) is 2.26. The quantitative estimate of drug-likeness (QED) is 0.800. The maximum absolute atomic E-state index is 12.9. The van der Waals surface area contributed by atoms with Gasteiger partial charge in [-0.05, 0) is 25.7 Å². The highest BCUT2D eigenvalue weighted by Crippen LogP contribution is 2.45. The first-order chi connectivity index (χ1) is 11.6. The number of halogens is 3. The molecule has 3 rings (SSSR count). The molecule has 0 N–H and O–H groups in total. The maximum Gasteiger partial charge on any atom is 0.425 e. The Kier molecular flexibility index (Phi) is 4.25. The molecule has 1 unspecified atom stereocenters. The van der Waals surface area contributed by atoms with E-state index in [1.807, 2.05) is 20.8 Å². The second-order valence-corrected chi connectivity index (χ2v) is 7.36. The van der Waals surface area contributed by atoms with Gasteiger partial charge in [0.1, 0.15) is 11.4 Å². The van der Waals surface area contributed by atoms with Crippen molar-refractivity contribution < 1.29 is 22.4 Å². The van der Waals surface area contributed by atoms with Gasteiger partial charge in [0.2, 0.25) is 11.7 Å². The molecule has 0 spiro atoms. The lowest BCUT2D eigenvalue weighted by Crippen LogP contribution is -2.31. The molecule has 0 radical (unpaired) electrons. The number of pyridine rings is 1. The molecule has 1 aliphatic rings. The first-order valence-corrected chi connectivity index (χ1v) is 8.13. The van der Waals surface area contributed by atoms with Crippen LogP contribution in [0.5, 0.6) is 5.75 Å². The van der Waals surface area contributed by atoms with Crippen LogP contribution in [0.15, 0.2) is 16.8 Å². The van der Waals surface area contributed by atoms with Crippen LogP contribution in [-0.2, 0) is 5.41 Å². The van der Waals surface area contributed by atoms with E-state index in [-0.39, 0.29) is 22.9 Å². The van der Waals surface area contributed by atoms with Crippen LogP contribution < -0.4 is 4.74 Å². The number of aromatic nitrogens is 3. The fraction of sp³-hybridized carbons (Fsp3) is 0.588. The molecule has 8 heteroatoms. The summed E-state index contributed by atoms with van der Waals surface area (Å²) in [6, 6.07) is 1.47. The normalized spacial score (nSPS) is 16.8. The number of hydrogen-bond donors (Lipinski definition) is 0. The number of nitrogens with zero attached hydrogens (tertiary/aromatic N) is 3. The standard InChI is InChI=1S/C17H20F3N3O2/c1-9(17(18,19)20)24-13-7-12(21-8-11(13)10-5-6-10)14-22-15(25-23-14)16(2,3)4/h7-10H,5-6H2,1-4H3. The van der Waals surface area contributed by atoms with Crippen LogP contribution in [-0.4, -0.2) is 27.4 Å². The summed E-state index contributed by atoms with van der Waals surface area (Å²) in [6.45, 7) is 6.76. The van der Waals surface area contributed by atoms with E-state index < -0.39 is 12.3 Å². The first kappa shape index (κ1) is 17.7. The molecule has 2 aromatic rings. The molecule has 136 valence electrons. The van der Waals surface area contributed by atoms with Crippen molar-refractivity contribution in [2.75, 3.05) is 0 Å². The summed E-state index contributed by atoms with van der Waals surface area (Å²) in [4.78, 5) is 8.58. The van der Waals surface area contributed by atoms with Gasteiger partial charge in [-0.1, -0.05) is 25.9 Å². The number of alkyl halides is 3. The van der Waals surface area contributed by atoms with Crippen LogP contribution >= 0.6 is 0 Å². The second kappa shape index (κ2) is 6.00. The molecule has 5 nitrogen and oxygen atoms in total. The lowest BCUT2D eigenvalue weighted by molar-refractivity contribution is -0.189. The fourth-order valence-corrected chi connectivity index (χ4v) is 2.26. The average molecular weight is 355 g/mol. The molecule has 0 amide bonds. The molecule has 25 heavy (non-hydrogen) atoms. The van der Waals surface area contributed by atoms with Gasteiger partial charge in [0.15, 0.2) is 6.10 Å². The Bertz CT molecular complexity index is 761. The molecule has 0 aromatic carbocycles. The minimum absolute atomic E-state index is 0.180. The smallest absolute Gasteiger partial charge is 0.425 e. The van der Waals surface area contributed by atoms with Crippen LogP contribution in [0.4, 0.5) is 13.2 Å². The van der Waals surface area contributed by atoms with Crippen molar-refractivity contribution in [1.29, 1.82) is 0 Å². The van der Waals surface area contributed by atoms with Gasteiger partial charge in [0, 0.05) is 23.2 Å². The predicted octanol–water partition coefficient (Wildman–Crippen LogP) is 4.64. The van der Waals surface area contributed by atoms with Crippen molar-refractivity contribution in [2.24, 2.45) is 0 Å². The molecule has 1 aliphatic carbocycles. The van der Waals surface area contributed by atoms with Gasteiger partial charge in [0.05, 0.1) is 0 Å². The summed E-state index contributed by atoms with van der Waals surface area (Å²) in [6.07, 6.45) is -2.94. The predicted molar refractivity (Wildman–Crippen MR) is 84.3 cm³/mol. The molecule has 1 saturated carbocycles. The first-order valence-electron chi connectivity index (χ1n) is 8.13. The Labute approximate surface area is 143 Å². The summed E-state index contributed by atoms with van der Waals surface area (Å²) in [5.74, 6) is 1.05. The van der Waals surface area contributed by atoms with Crippen molar-refractivity contribution in [2.45, 2.75) is 64.1 Å². The van der Waals surface area contributed by atoms with Crippen molar-refractivity contribution in [3.05, 3.63) is 23.7 Å². The highest BCUT2D eigenvalue weighted by Gasteiger charge is 2.39. The Morgan fingerprint density at radius 2 is 1.92 bits per heavy atom. The number of rotatable bonds is 4. The molecule has 0 saturated heterocycles. The van der Waals surface area contributed by atoms with Crippen LogP contribution in [0, 0.1) is 0 Å². The summed E-state index contributed by atoms with van der Waals surface area (Å²) in [5, 5.41) is 3.89. The van der Waals surface area contributed by atoms with Gasteiger partial charge in [-0.2, -0.15) is 18.2 Å². The summed E-state index contributed by atoms with van der Waals surface area (Å²) in [5.41, 5.74) is 0.691. The molecule has 1 fully saturated rings. The third-order valence-corrected chi connectivity index (χ3v) is 3.97. The topological polar surface area (TPSA) is 61.0 Å². The van der Waals surface area contributed by atoms with Gasteiger partial charge >= 0.3 is 6.18 Å². The highest BCUT2D eigenvalue weighted by molar-refractivity contribution is 5.54. The molecule has 2 aromatic heterocycles. The van der Waals surface area contributed by atoms with Gasteiger partial charge in [-0.3, -0.25) is 4.98 Å². The average Bonchev–Trinajstić information content (AvgIpc) is 3.20. The van der Waals surface area contributed by atoms with E-state index in [4.69, 9.17) is 9.26 Å². The highest BCUT2D eigenvalue weighted by atomic mass is 19.4. The zero-order valence-corrected chi connectivity index (χ0v) is 14.5. The molecule has 0 aliphatic heterocycles. The lowest BCUT2D eigenvalue weighted by Gasteiger charge is -2.19. The van der Waals surface area contributed by atoms with Crippen LogP contribution in [0.2, 0.25) is 0 Å². The Balaban J connectivity index is 1.94. The van der Waals surface area contributed by atoms with E-state index in [2.05, 4.69) is 15.1 Å². The zero-order chi connectivity index (χ0) is 18.4. The lowest BCUT2D eigenvalue weighted by atomic mass is 9.97. The van der Waals surface area contributed by atoms with Crippen molar-refractivity contribution in [3.63, 3.8) is 0 Å².